The van der Waals surface area contributed by atoms with Crippen LogP contribution in [0.1, 0.15) is 22.8 Å². The van der Waals surface area contributed by atoms with E-state index in [2.05, 4.69) is 4.98 Å². The summed E-state index contributed by atoms with van der Waals surface area (Å²) in [5.74, 6) is -0.730. The van der Waals surface area contributed by atoms with Gasteiger partial charge in [0.1, 0.15) is 5.82 Å². The Hall–Kier alpha value is -1.59. The smallest absolute Gasteiger partial charge is 0.383 e. The average Bonchev–Trinajstić information content (AvgIpc) is 2.02. The largest absolute Gasteiger partial charge is 0.417 e. The van der Waals surface area contributed by atoms with Crippen LogP contribution in [0, 0.1) is 0 Å². The number of aromatic nitrogens is 1. The summed E-state index contributed by atoms with van der Waals surface area (Å²) in [7, 11) is 0. The van der Waals surface area contributed by atoms with Crippen LogP contribution >= 0.6 is 0 Å². The number of pyridine rings is 1. The third kappa shape index (κ3) is 2.01. The van der Waals surface area contributed by atoms with Crippen molar-refractivity contribution in [2.45, 2.75) is 13.1 Å². The highest BCUT2D eigenvalue weighted by atomic mass is 19.4. The van der Waals surface area contributed by atoms with E-state index in [0.717, 1.165) is 6.92 Å². The van der Waals surface area contributed by atoms with Crippen molar-refractivity contribution >= 4 is 11.6 Å². The van der Waals surface area contributed by atoms with Crippen molar-refractivity contribution in [3.63, 3.8) is 0 Å². The Labute approximate surface area is 77.7 Å². The van der Waals surface area contributed by atoms with Gasteiger partial charge in [0.25, 0.3) is 0 Å². The molecule has 1 aromatic rings. The summed E-state index contributed by atoms with van der Waals surface area (Å²) in [5.41, 5.74) is 4.05. The van der Waals surface area contributed by atoms with Gasteiger partial charge in [0.05, 0.1) is 11.1 Å². The maximum atomic E-state index is 12.2. The number of carbonyl (C=O) groups is 1. The summed E-state index contributed by atoms with van der Waals surface area (Å²) in [5, 5.41) is 0. The molecular weight excluding hydrogens is 197 g/mol. The minimum atomic E-state index is -4.51. The molecule has 76 valence electrons. The fourth-order valence-corrected chi connectivity index (χ4v) is 0.912. The van der Waals surface area contributed by atoms with Crippen LogP contribution in [0.3, 0.4) is 0 Å². The summed E-state index contributed by atoms with van der Waals surface area (Å²) < 4.78 is 36.5. The maximum absolute atomic E-state index is 12.2. The second-order valence-corrected chi connectivity index (χ2v) is 2.71. The molecule has 6 heteroatoms. The zero-order chi connectivity index (χ0) is 10.9. The lowest BCUT2D eigenvalue weighted by molar-refractivity contribution is -0.137. The van der Waals surface area contributed by atoms with Gasteiger partial charge in [0.15, 0.2) is 5.78 Å². The van der Waals surface area contributed by atoms with Gasteiger partial charge in [-0.05, 0) is 13.0 Å². The molecule has 14 heavy (non-hydrogen) atoms. The number of halogens is 3. The molecule has 0 bridgehead atoms. The number of anilines is 1. The van der Waals surface area contributed by atoms with E-state index in [0.29, 0.717) is 12.3 Å². The standard InChI is InChI=1S/C8H7F3N2O/c1-4(14)6-2-5(8(9,10)11)3-13-7(6)12/h2-3H,1H3,(H2,12,13). The molecule has 0 amide bonds. The number of rotatable bonds is 1. The van der Waals surface area contributed by atoms with E-state index < -0.39 is 17.5 Å². The molecule has 0 radical (unpaired) electrons. The van der Waals surface area contributed by atoms with Crippen LogP contribution in [0.4, 0.5) is 19.0 Å². The Balaban J connectivity index is 3.27. The Morgan fingerprint density at radius 3 is 2.50 bits per heavy atom. The van der Waals surface area contributed by atoms with E-state index in [9.17, 15) is 18.0 Å². The van der Waals surface area contributed by atoms with Crippen LogP contribution in [-0.4, -0.2) is 10.8 Å². The Morgan fingerprint density at radius 2 is 2.07 bits per heavy atom. The van der Waals surface area contributed by atoms with Crippen LogP contribution in [0.2, 0.25) is 0 Å². The highest BCUT2D eigenvalue weighted by Crippen LogP contribution is 2.30. The highest BCUT2D eigenvalue weighted by Gasteiger charge is 2.31. The van der Waals surface area contributed by atoms with Gasteiger partial charge in [-0.15, -0.1) is 0 Å². The molecule has 0 aliphatic carbocycles. The topological polar surface area (TPSA) is 56.0 Å². The number of carbonyl (C=O) groups excluding carboxylic acids is 1. The van der Waals surface area contributed by atoms with Gasteiger partial charge in [-0.25, -0.2) is 4.98 Å². The molecular formula is C8H7F3N2O. The number of Topliss-reactive ketones (excluding diaryl/α,β-unsaturated/α-hetero) is 1. The third-order valence-corrected chi connectivity index (χ3v) is 1.63. The molecule has 0 aliphatic rings. The second kappa shape index (κ2) is 3.28. The average molecular weight is 204 g/mol. The van der Waals surface area contributed by atoms with Crippen molar-refractivity contribution in [1.29, 1.82) is 0 Å². The first-order valence-corrected chi connectivity index (χ1v) is 3.66. The Kier molecular flexibility index (Phi) is 2.46. The first-order chi connectivity index (χ1) is 6.32. The van der Waals surface area contributed by atoms with Crippen molar-refractivity contribution in [2.75, 3.05) is 5.73 Å². The van der Waals surface area contributed by atoms with E-state index in [1.165, 1.54) is 0 Å². The molecule has 0 fully saturated rings. The first-order valence-electron chi connectivity index (χ1n) is 3.66. The van der Waals surface area contributed by atoms with Crippen molar-refractivity contribution in [1.82, 2.24) is 4.98 Å². The van der Waals surface area contributed by atoms with Crippen LogP contribution < -0.4 is 5.73 Å². The molecule has 0 saturated heterocycles. The fraction of sp³-hybridized carbons (Fsp3) is 0.250. The molecule has 1 aromatic heterocycles. The van der Waals surface area contributed by atoms with Crippen LogP contribution in [0.15, 0.2) is 12.3 Å². The molecule has 0 spiro atoms. The molecule has 0 saturated carbocycles. The van der Waals surface area contributed by atoms with Crippen LogP contribution in [-0.2, 0) is 6.18 Å². The lowest BCUT2D eigenvalue weighted by atomic mass is 10.1. The highest BCUT2D eigenvalue weighted by molar-refractivity contribution is 5.98. The fourth-order valence-electron chi connectivity index (χ4n) is 0.912. The Morgan fingerprint density at radius 1 is 1.50 bits per heavy atom. The lowest BCUT2D eigenvalue weighted by Gasteiger charge is -2.08. The van der Waals surface area contributed by atoms with Crippen LogP contribution in [0.5, 0.6) is 0 Å². The summed E-state index contributed by atoms with van der Waals surface area (Å²) in [6, 6.07) is 0.699. The van der Waals surface area contributed by atoms with E-state index in [4.69, 9.17) is 5.73 Å². The molecule has 0 unspecified atom stereocenters. The van der Waals surface area contributed by atoms with Crippen molar-refractivity contribution in [3.8, 4) is 0 Å². The van der Waals surface area contributed by atoms with E-state index >= 15 is 0 Å². The molecule has 1 heterocycles. The minimum Gasteiger partial charge on any atom is -0.383 e. The first kappa shape index (κ1) is 10.5. The lowest BCUT2D eigenvalue weighted by Crippen LogP contribution is -2.10. The van der Waals surface area contributed by atoms with Gasteiger partial charge >= 0.3 is 6.18 Å². The zero-order valence-corrected chi connectivity index (χ0v) is 7.22. The van der Waals surface area contributed by atoms with Crippen molar-refractivity contribution in [3.05, 3.63) is 23.4 Å². The number of nitrogens with two attached hydrogens (primary N) is 1. The number of nitrogen functional groups attached to an aromatic ring is 1. The second-order valence-electron chi connectivity index (χ2n) is 2.71. The van der Waals surface area contributed by atoms with Gasteiger partial charge in [0, 0.05) is 6.20 Å². The van der Waals surface area contributed by atoms with E-state index in [1.54, 1.807) is 0 Å². The number of hydrogen-bond donors (Lipinski definition) is 1. The quantitative estimate of drug-likeness (QED) is 0.710. The summed E-state index contributed by atoms with van der Waals surface area (Å²) in [6.07, 6.45) is -3.91. The minimum absolute atomic E-state index is 0.189. The predicted molar refractivity (Wildman–Crippen MR) is 43.7 cm³/mol. The monoisotopic (exact) mass is 204 g/mol. The normalized spacial score (nSPS) is 11.4. The zero-order valence-electron chi connectivity index (χ0n) is 7.22. The van der Waals surface area contributed by atoms with Gasteiger partial charge in [-0.1, -0.05) is 0 Å². The maximum Gasteiger partial charge on any atom is 0.417 e. The number of alkyl halides is 3. The number of ketones is 1. The molecule has 3 nitrogen and oxygen atoms in total. The number of hydrogen-bond acceptors (Lipinski definition) is 3. The molecule has 2 N–H and O–H groups in total. The van der Waals surface area contributed by atoms with Gasteiger partial charge < -0.3 is 5.73 Å². The van der Waals surface area contributed by atoms with Gasteiger partial charge in [-0.3, -0.25) is 4.79 Å². The van der Waals surface area contributed by atoms with Crippen molar-refractivity contribution in [2.24, 2.45) is 0 Å². The molecule has 0 aromatic carbocycles. The SMILES string of the molecule is CC(=O)c1cc(C(F)(F)F)cnc1N. The predicted octanol–water partition coefficient (Wildman–Crippen LogP) is 1.89. The van der Waals surface area contributed by atoms with Gasteiger partial charge in [-0.2, -0.15) is 13.2 Å². The van der Waals surface area contributed by atoms with Crippen LogP contribution in [0.25, 0.3) is 0 Å². The molecule has 1 rings (SSSR count). The summed E-state index contributed by atoms with van der Waals surface area (Å²) >= 11 is 0. The van der Waals surface area contributed by atoms with E-state index in [-0.39, 0.29) is 11.4 Å². The molecule has 0 atom stereocenters. The van der Waals surface area contributed by atoms with E-state index in [1.807, 2.05) is 0 Å². The number of nitrogens with zero attached hydrogens (tertiary/aromatic N) is 1. The summed E-state index contributed by atoms with van der Waals surface area (Å²) in [4.78, 5) is 14.2. The van der Waals surface area contributed by atoms with Crippen molar-refractivity contribution < 1.29 is 18.0 Å². The summed E-state index contributed by atoms with van der Waals surface area (Å²) in [6.45, 7) is 1.13. The molecule has 0 aliphatic heterocycles. The Bertz CT molecular complexity index is 373. The third-order valence-electron chi connectivity index (χ3n) is 1.63. The van der Waals surface area contributed by atoms with Gasteiger partial charge in [0.2, 0.25) is 0 Å².